The van der Waals surface area contributed by atoms with E-state index in [-0.39, 0.29) is 12.5 Å². The quantitative estimate of drug-likeness (QED) is 0.0261. The van der Waals surface area contributed by atoms with E-state index in [4.69, 9.17) is 9.47 Å². The van der Waals surface area contributed by atoms with Crippen molar-refractivity contribution in [2.45, 2.75) is 269 Å². The number of carbonyl (C=O) groups excluding carboxylic acids is 1. The lowest BCUT2D eigenvalue weighted by Crippen LogP contribution is -2.60. The van der Waals surface area contributed by atoms with Crippen LogP contribution in [0.1, 0.15) is 226 Å². The van der Waals surface area contributed by atoms with E-state index in [0.717, 1.165) is 109 Å². The molecule has 9 nitrogen and oxygen atoms in total. The first-order valence-corrected chi connectivity index (χ1v) is 30.4. The van der Waals surface area contributed by atoms with Gasteiger partial charge in [0, 0.05) is 6.42 Å². The van der Waals surface area contributed by atoms with Gasteiger partial charge in [-0.3, -0.25) is 4.79 Å². The summed E-state index contributed by atoms with van der Waals surface area (Å²) in [7, 11) is 0. The minimum absolute atomic E-state index is 0.199. The maximum Gasteiger partial charge on any atom is 0.220 e. The van der Waals surface area contributed by atoms with Gasteiger partial charge in [0.1, 0.15) is 24.4 Å². The van der Waals surface area contributed by atoms with Gasteiger partial charge in [-0.15, -0.1) is 0 Å². The Kier molecular flexibility index (Phi) is 50.6. The first-order valence-electron chi connectivity index (χ1n) is 30.4. The van der Waals surface area contributed by atoms with Crippen LogP contribution in [0.5, 0.6) is 0 Å². The van der Waals surface area contributed by atoms with Crippen LogP contribution in [0.15, 0.2) is 134 Å². The number of rotatable bonds is 50. The third kappa shape index (κ3) is 43.3. The molecular weight excluding hydrogens is 947 g/mol. The van der Waals surface area contributed by atoms with Crippen LogP contribution in [0.3, 0.4) is 0 Å². The largest absolute Gasteiger partial charge is 0.394 e. The smallest absolute Gasteiger partial charge is 0.220 e. The number of amides is 1. The number of allylic oxidation sites excluding steroid dienone is 21. The predicted molar refractivity (Wildman–Crippen MR) is 322 cm³/mol. The molecule has 0 aromatic rings. The fraction of sp³-hybridized carbons (Fsp3) is 0.657. The molecule has 1 fully saturated rings. The van der Waals surface area contributed by atoms with E-state index >= 15 is 0 Å². The predicted octanol–water partition coefficient (Wildman–Crippen LogP) is 15.7. The second-order valence-electron chi connectivity index (χ2n) is 20.4. The highest BCUT2D eigenvalue weighted by atomic mass is 16.7. The molecule has 1 saturated heterocycles. The SMILES string of the molecule is CC/C=C\C/C=C\C/C=C\C/C=C\C/C=C\C/C=C\C/C=C\C/C=C\CCCCCCCCCCCCCCC(=O)NC(COC1OC(CO)C(O)C(O)C1O)C(O)/C=C/CC/C=C/CC/C=C/CCCCCCCC. The standard InChI is InChI=1S/C67H111NO8/c1-3-5-7-9-11-13-15-17-19-21-22-23-24-25-26-27-28-29-30-31-32-33-34-35-36-37-38-39-40-41-43-45-47-49-51-53-55-57-63(71)68-60(59-75-67-66(74)65(73)64(72)62(58-69)76-67)61(70)56-54-52-50-48-46-44-42-20-18-16-14-12-10-8-6-4-2/h5,7,11,13,17-20,22-23,25-26,28-29,31-32,34-35,46,48,54,56,60-62,64-67,69-70,72-74H,3-4,6,8-10,12,14-16,21,24,27,30,33,36-45,47,49-53,55,57-59H2,1-2H3,(H,68,71)/b7-5-,13-11-,19-17-,20-18+,23-22-,26-25-,29-28-,32-31-,35-34-,48-46+,56-54+. The molecule has 6 N–H and O–H groups in total. The molecule has 1 aliphatic heterocycles. The molecule has 1 aliphatic rings. The maximum absolute atomic E-state index is 13.1. The minimum atomic E-state index is -1.58. The van der Waals surface area contributed by atoms with Gasteiger partial charge in [0.2, 0.25) is 5.91 Å². The van der Waals surface area contributed by atoms with Crippen LogP contribution in [-0.4, -0.2) is 87.5 Å². The van der Waals surface area contributed by atoms with Crippen LogP contribution < -0.4 is 5.32 Å². The van der Waals surface area contributed by atoms with Crippen molar-refractivity contribution in [3.63, 3.8) is 0 Å². The third-order valence-electron chi connectivity index (χ3n) is 13.4. The number of ether oxygens (including phenoxy) is 2. The molecule has 7 atom stereocenters. The van der Waals surface area contributed by atoms with Gasteiger partial charge in [0.05, 0.1) is 25.4 Å². The molecule has 76 heavy (non-hydrogen) atoms. The average molecular weight is 1060 g/mol. The molecule has 7 unspecified atom stereocenters. The lowest BCUT2D eigenvalue weighted by Gasteiger charge is -2.40. The molecule has 0 radical (unpaired) electrons. The second kappa shape index (κ2) is 54.7. The van der Waals surface area contributed by atoms with Crippen LogP contribution in [0.2, 0.25) is 0 Å². The summed E-state index contributed by atoms with van der Waals surface area (Å²) < 4.78 is 11.2. The van der Waals surface area contributed by atoms with Gasteiger partial charge < -0.3 is 40.3 Å². The van der Waals surface area contributed by atoms with Gasteiger partial charge in [-0.05, 0) is 109 Å². The van der Waals surface area contributed by atoms with Crippen molar-refractivity contribution in [3.05, 3.63) is 134 Å². The Labute approximate surface area is 464 Å². The molecule has 0 aromatic carbocycles. The van der Waals surface area contributed by atoms with Crippen LogP contribution in [0, 0.1) is 0 Å². The zero-order chi connectivity index (χ0) is 55.0. The molecule has 1 amide bonds. The van der Waals surface area contributed by atoms with Gasteiger partial charge in [0.15, 0.2) is 6.29 Å². The van der Waals surface area contributed by atoms with Crippen molar-refractivity contribution >= 4 is 5.91 Å². The van der Waals surface area contributed by atoms with E-state index in [9.17, 15) is 30.3 Å². The highest BCUT2D eigenvalue weighted by molar-refractivity contribution is 5.76. The van der Waals surface area contributed by atoms with E-state index < -0.39 is 49.5 Å². The van der Waals surface area contributed by atoms with Crippen molar-refractivity contribution in [1.82, 2.24) is 5.32 Å². The van der Waals surface area contributed by atoms with E-state index in [0.29, 0.717) is 6.42 Å². The summed E-state index contributed by atoms with van der Waals surface area (Å²) in [5.41, 5.74) is 0. The fourth-order valence-electron chi connectivity index (χ4n) is 8.67. The Morgan fingerprint density at radius 1 is 0.461 bits per heavy atom. The Morgan fingerprint density at radius 2 is 0.829 bits per heavy atom. The summed E-state index contributed by atoms with van der Waals surface area (Å²) in [6.45, 7) is 3.62. The Bertz CT molecular complexity index is 1650. The summed E-state index contributed by atoms with van der Waals surface area (Å²) in [5, 5.41) is 54.5. The molecule has 0 aromatic heterocycles. The zero-order valence-electron chi connectivity index (χ0n) is 48.0. The number of unbranched alkanes of at least 4 members (excludes halogenated alkanes) is 20. The van der Waals surface area contributed by atoms with E-state index in [1.54, 1.807) is 6.08 Å². The Balaban J connectivity index is 2.18. The number of nitrogens with one attached hydrogen (secondary N) is 1. The number of aliphatic hydroxyl groups is 5. The fourth-order valence-corrected chi connectivity index (χ4v) is 8.67. The van der Waals surface area contributed by atoms with Gasteiger partial charge in [-0.2, -0.15) is 0 Å². The number of aliphatic hydroxyl groups excluding tert-OH is 5. The molecule has 0 aliphatic carbocycles. The normalized spacial score (nSPS) is 19.8. The van der Waals surface area contributed by atoms with Crippen molar-refractivity contribution in [3.8, 4) is 0 Å². The summed E-state index contributed by atoms with van der Waals surface area (Å²) in [6.07, 6.45) is 76.7. The summed E-state index contributed by atoms with van der Waals surface area (Å²) in [5.74, 6) is -0.199. The molecule has 1 rings (SSSR count). The third-order valence-corrected chi connectivity index (χ3v) is 13.4. The van der Waals surface area contributed by atoms with Crippen LogP contribution >= 0.6 is 0 Å². The highest BCUT2D eigenvalue weighted by Gasteiger charge is 2.44. The average Bonchev–Trinajstić information content (AvgIpc) is 3.42. The second-order valence-corrected chi connectivity index (χ2v) is 20.4. The molecule has 0 spiro atoms. The van der Waals surface area contributed by atoms with Crippen molar-refractivity contribution in [1.29, 1.82) is 0 Å². The molecule has 9 heteroatoms. The molecule has 0 bridgehead atoms. The van der Waals surface area contributed by atoms with Gasteiger partial charge >= 0.3 is 0 Å². The van der Waals surface area contributed by atoms with Crippen LogP contribution in [0.4, 0.5) is 0 Å². The van der Waals surface area contributed by atoms with Crippen LogP contribution in [-0.2, 0) is 14.3 Å². The van der Waals surface area contributed by atoms with E-state index in [1.165, 1.54) is 96.3 Å². The van der Waals surface area contributed by atoms with Crippen molar-refractivity contribution < 1.29 is 39.8 Å². The Morgan fingerprint density at radius 3 is 1.26 bits per heavy atom. The van der Waals surface area contributed by atoms with Gasteiger partial charge in [-0.1, -0.05) is 244 Å². The van der Waals surface area contributed by atoms with E-state index in [2.05, 4.69) is 141 Å². The highest BCUT2D eigenvalue weighted by Crippen LogP contribution is 2.23. The molecule has 1 heterocycles. The molecular formula is C67H111NO8. The molecule has 432 valence electrons. The summed E-state index contributed by atoms with van der Waals surface area (Å²) in [4.78, 5) is 13.1. The molecule has 0 saturated carbocycles. The topological polar surface area (TPSA) is 149 Å². The summed E-state index contributed by atoms with van der Waals surface area (Å²) >= 11 is 0. The maximum atomic E-state index is 13.1. The zero-order valence-corrected chi connectivity index (χ0v) is 48.0. The lowest BCUT2D eigenvalue weighted by atomic mass is 9.99. The Hall–Kier alpha value is -3.67. The monoisotopic (exact) mass is 1060 g/mol. The van der Waals surface area contributed by atoms with E-state index in [1.807, 2.05) is 6.08 Å². The number of hydrogen-bond acceptors (Lipinski definition) is 8. The number of carbonyl (C=O) groups is 1. The van der Waals surface area contributed by atoms with Gasteiger partial charge in [-0.25, -0.2) is 0 Å². The summed E-state index contributed by atoms with van der Waals surface area (Å²) in [6, 6.07) is -0.838. The van der Waals surface area contributed by atoms with Crippen molar-refractivity contribution in [2.24, 2.45) is 0 Å². The minimum Gasteiger partial charge on any atom is -0.394 e. The van der Waals surface area contributed by atoms with Crippen molar-refractivity contribution in [2.75, 3.05) is 13.2 Å². The number of hydrogen-bond donors (Lipinski definition) is 6. The van der Waals surface area contributed by atoms with Gasteiger partial charge in [0.25, 0.3) is 0 Å². The first kappa shape index (κ1) is 70.3. The lowest BCUT2D eigenvalue weighted by molar-refractivity contribution is -0.302. The first-order chi connectivity index (χ1) is 37.3. The van der Waals surface area contributed by atoms with Crippen LogP contribution in [0.25, 0.3) is 0 Å².